The molecule has 148 valence electrons. The van der Waals surface area contributed by atoms with Crippen LogP contribution >= 0.6 is 0 Å². The van der Waals surface area contributed by atoms with Crippen LogP contribution in [0.1, 0.15) is 12.5 Å². The summed E-state index contributed by atoms with van der Waals surface area (Å²) in [6.45, 7) is 4.95. The average Bonchev–Trinajstić information content (AvgIpc) is 3.12. The summed E-state index contributed by atoms with van der Waals surface area (Å²) in [6, 6.07) is 8.36. The summed E-state index contributed by atoms with van der Waals surface area (Å²) < 4.78 is 33.4. The molecule has 2 aliphatic heterocycles. The first-order valence-electron chi connectivity index (χ1n) is 9.17. The number of hydrogen-bond acceptors (Lipinski definition) is 6. The molecular weight excluding hydrogens is 380 g/mol. The molecule has 0 atom stereocenters. The van der Waals surface area contributed by atoms with E-state index in [9.17, 15) is 13.2 Å². The molecule has 2 aliphatic rings. The molecule has 0 aliphatic carbocycles. The topological polar surface area (TPSA) is 91.8 Å². The van der Waals surface area contributed by atoms with Crippen LogP contribution < -0.4 is 14.5 Å². The molecular formula is C19H22N4O4S. The number of amides is 1. The van der Waals surface area contributed by atoms with Crippen molar-refractivity contribution < 1.29 is 17.9 Å². The van der Waals surface area contributed by atoms with Gasteiger partial charge in [0.1, 0.15) is 5.82 Å². The molecule has 1 saturated heterocycles. The van der Waals surface area contributed by atoms with E-state index in [1.54, 1.807) is 29.2 Å². The van der Waals surface area contributed by atoms with Gasteiger partial charge in [0.05, 0.1) is 30.0 Å². The Morgan fingerprint density at radius 3 is 2.61 bits per heavy atom. The Morgan fingerprint density at radius 2 is 1.93 bits per heavy atom. The summed E-state index contributed by atoms with van der Waals surface area (Å²) in [5.74, 6) is 0.756. The van der Waals surface area contributed by atoms with Crippen molar-refractivity contribution in [3.8, 4) is 0 Å². The molecule has 0 saturated carbocycles. The fourth-order valence-corrected chi connectivity index (χ4v) is 4.61. The van der Waals surface area contributed by atoms with Crippen LogP contribution in [0, 0.1) is 0 Å². The quantitative estimate of drug-likeness (QED) is 0.836. The molecule has 28 heavy (non-hydrogen) atoms. The minimum atomic E-state index is -3.74. The lowest BCUT2D eigenvalue weighted by atomic mass is 10.2. The maximum Gasteiger partial charge on any atom is 0.261 e. The van der Waals surface area contributed by atoms with Crippen LogP contribution in [-0.2, 0) is 26.0 Å². The van der Waals surface area contributed by atoms with Gasteiger partial charge in [0.25, 0.3) is 10.0 Å². The van der Waals surface area contributed by atoms with Gasteiger partial charge in [0, 0.05) is 32.2 Å². The summed E-state index contributed by atoms with van der Waals surface area (Å²) in [6.07, 6.45) is 2.17. The normalized spacial score (nSPS) is 16.8. The summed E-state index contributed by atoms with van der Waals surface area (Å²) in [5.41, 5.74) is 2.05. The molecule has 8 nitrogen and oxygen atoms in total. The molecule has 1 amide bonds. The number of aromatic nitrogens is 1. The standard InChI is InChI=1S/C19H22N4O4S/c1-14(24)23-7-6-15-12-17(3-4-18(15)23)28(25,26)21-16-2-5-19(20-13-16)22-8-10-27-11-9-22/h2-5,12-13,21H,6-11H2,1H3. The third kappa shape index (κ3) is 3.67. The molecule has 2 aromatic rings. The van der Waals surface area contributed by atoms with Crippen molar-refractivity contribution in [1.29, 1.82) is 0 Å². The third-order valence-corrected chi connectivity index (χ3v) is 6.35. The number of morpholine rings is 1. The number of nitrogens with zero attached hydrogens (tertiary/aromatic N) is 3. The van der Waals surface area contributed by atoms with Crippen molar-refractivity contribution in [2.75, 3.05) is 47.4 Å². The molecule has 0 radical (unpaired) electrons. The lowest BCUT2D eigenvalue weighted by molar-refractivity contribution is -0.116. The first kappa shape index (κ1) is 18.7. The number of nitrogens with one attached hydrogen (secondary N) is 1. The van der Waals surface area contributed by atoms with Gasteiger partial charge in [-0.1, -0.05) is 0 Å². The van der Waals surface area contributed by atoms with Gasteiger partial charge in [-0.2, -0.15) is 0 Å². The Balaban J connectivity index is 1.51. The van der Waals surface area contributed by atoms with Crippen LogP contribution in [0.15, 0.2) is 41.4 Å². The number of benzene rings is 1. The van der Waals surface area contributed by atoms with Crippen molar-refractivity contribution in [2.24, 2.45) is 0 Å². The number of carbonyl (C=O) groups is 1. The van der Waals surface area contributed by atoms with E-state index in [2.05, 4.69) is 14.6 Å². The van der Waals surface area contributed by atoms with E-state index in [0.29, 0.717) is 31.9 Å². The predicted octanol–water partition coefficient (Wildman–Crippen LogP) is 1.63. The van der Waals surface area contributed by atoms with Crippen molar-refractivity contribution in [3.05, 3.63) is 42.1 Å². The van der Waals surface area contributed by atoms with Gasteiger partial charge in [-0.15, -0.1) is 0 Å². The molecule has 1 aromatic carbocycles. The number of carbonyl (C=O) groups excluding carboxylic acids is 1. The highest BCUT2D eigenvalue weighted by Crippen LogP contribution is 2.30. The molecule has 0 spiro atoms. The zero-order valence-corrected chi connectivity index (χ0v) is 16.4. The molecule has 1 fully saturated rings. The van der Waals surface area contributed by atoms with E-state index < -0.39 is 10.0 Å². The van der Waals surface area contributed by atoms with Crippen molar-refractivity contribution >= 4 is 33.1 Å². The number of ether oxygens (including phenoxy) is 1. The highest BCUT2D eigenvalue weighted by molar-refractivity contribution is 7.92. The largest absolute Gasteiger partial charge is 0.378 e. The van der Waals surface area contributed by atoms with E-state index >= 15 is 0 Å². The Bertz CT molecular complexity index is 985. The Hall–Kier alpha value is -2.65. The highest BCUT2D eigenvalue weighted by Gasteiger charge is 2.25. The first-order chi connectivity index (χ1) is 13.4. The zero-order valence-electron chi connectivity index (χ0n) is 15.6. The lowest BCUT2D eigenvalue weighted by Crippen LogP contribution is -2.36. The maximum absolute atomic E-state index is 12.8. The van der Waals surface area contributed by atoms with Crippen LogP contribution in [0.25, 0.3) is 0 Å². The van der Waals surface area contributed by atoms with E-state index in [1.807, 2.05) is 0 Å². The van der Waals surface area contributed by atoms with E-state index in [4.69, 9.17) is 4.74 Å². The predicted molar refractivity (Wildman–Crippen MR) is 106 cm³/mol. The Kier molecular flexibility index (Phi) is 4.94. The maximum atomic E-state index is 12.8. The molecule has 1 N–H and O–H groups in total. The Morgan fingerprint density at radius 1 is 1.14 bits per heavy atom. The SMILES string of the molecule is CC(=O)N1CCc2cc(S(=O)(=O)Nc3ccc(N4CCOCC4)nc3)ccc21. The lowest BCUT2D eigenvalue weighted by Gasteiger charge is -2.27. The minimum Gasteiger partial charge on any atom is -0.378 e. The first-order valence-corrected chi connectivity index (χ1v) is 10.6. The summed E-state index contributed by atoms with van der Waals surface area (Å²) in [4.78, 5) is 20.0. The van der Waals surface area contributed by atoms with E-state index in [0.717, 1.165) is 30.2 Å². The van der Waals surface area contributed by atoms with Crippen LogP contribution in [0.5, 0.6) is 0 Å². The van der Waals surface area contributed by atoms with Crippen LogP contribution in [0.4, 0.5) is 17.2 Å². The van der Waals surface area contributed by atoms with E-state index in [-0.39, 0.29) is 10.8 Å². The monoisotopic (exact) mass is 402 g/mol. The van der Waals surface area contributed by atoms with Gasteiger partial charge in [-0.05, 0) is 42.3 Å². The second kappa shape index (κ2) is 7.40. The van der Waals surface area contributed by atoms with Gasteiger partial charge in [-0.3, -0.25) is 9.52 Å². The smallest absolute Gasteiger partial charge is 0.261 e. The van der Waals surface area contributed by atoms with Crippen LogP contribution in [-0.4, -0.2) is 52.2 Å². The number of hydrogen-bond donors (Lipinski definition) is 1. The third-order valence-electron chi connectivity index (χ3n) is 4.97. The summed E-state index contributed by atoms with van der Waals surface area (Å²) >= 11 is 0. The number of fused-ring (bicyclic) bond motifs is 1. The van der Waals surface area contributed by atoms with Gasteiger partial charge in [-0.25, -0.2) is 13.4 Å². The molecule has 9 heteroatoms. The van der Waals surface area contributed by atoms with Gasteiger partial charge in [0.15, 0.2) is 0 Å². The fourth-order valence-electron chi connectivity index (χ4n) is 3.51. The molecule has 0 unspecified atom stereocenters. The molecule has 3 heterocycles. The van der Waals surface area contributed by atoms with Crippen molar-refractivity contribution in [3.63, 3.8) is 0 Å². The second-order valence-electron chi connectivity index (χ2n) is 6.82. The number of pyridine rings is 1. The fraction of sp³-hybridized carbons (Fsp3) is 0.368. The van der Waals surface area contributed by atoms with Gasteiger partial charge < -0.3 is 14.5 Å². The van der Waals surface area contributed by atoms with Gasteiger partial charge >= 0.3 is 0 Å². The second-order valence-corrected chi connectivity index (χ2v) is 8.50. The summed E-state index contributed by atoms with van der Waals surface area (Å²) in [7, 11) is -3.74. The van der Waals surface area contributed by atoms with Crippen LogP contribution in [0.2, 0.25) is 0 Å². The van der Waals surface area contributed by atoms with E-state index in [1.165, 1.54) is 19.2 Å². The highest BCUT2D eigenvalue weighted by atomic mass is 32.2. The summed E-state index contributed by atoms with van der Waals surface area (Å²) in [5, 5.41) is 0. The number of rotatable bonds is 4. The van der Waals surface area contributed by atoms with Crippen LogP contribution in [0.3, 0.4) is 0 Å². The molecule has 1 aromatic heterocycles. The molecule has 0 bridgehead atoms. The van der Waals surface area contributed by atoms with Crippen molar-refractivity contribution in [1.82, 2.24) is 4.98 Å². The average molecular weight is 402 g/mol. The zero-order chi connectivity index (χ0) is 19.7. The van der Waals surface area contributed by atoms with Gasteiger partial charge in [0.2, 0.25) is 5.91 Å². The minimum absolute atomic E-state index is 0.0427. The number of anilines is 3. The Labute approximate surface area is 164 Å². The molecule has 4 rings (SSSR count). The number of sulfonamides is 1. The van der Waals surface area contributed by atoms with Crippen molar-refractivity contribution in [2.45, 2.75) is 18.2 Å².